The number of carbonyl (C=O) groups is 1. The summed E-state index contributed by atoms with van der Waals surface area (Å²) >= 11 is 5.74. The first-order valence-corrected chi connectivity index (χ1v) is 13.5. The zero-order valence-electron chi connectivity index (χ0n) is 19.1. The van der Waals surface area contributed by atoms with E-state index in [1.54, 1.807) is 33.5 Å². The highest BCUT2D eigenvalue weighted by molar-refractivity contribution is 7.89. The Morgan fingerprint density at radius 2 is 1.66 bits per heavy atom. The van der Waals surface area contributed by atoms with E-state index in [0.29, 0.717) is 35.3 Å². The number of amides is 1. The average Bonchev–Trinajstić information content (AvgIpc) is 3.51. The van der Waals surface area contributed by atoms with E-state index in [0.717, 1.165) is 38.6 Å². The van der Waals surface area contributed by atoms with Crippen molar-refractivity contribution in [3.8, 4) is 0 Å². The van der Waals surface area contributed by atoms with Crippen LogP contribution >= 0.6 is 11.6 Å². The fourth-order valence-corrected chi connectivity index (χ4v) is 5.60. The Balaban J connectivity index is 0.000000212. The molecule has 0 N–H and O–H groups in total. The fraction of sp³-hybridized carbons (Fsp3) is 0.696. The van der Waals surface area contributed by atoms with Crippen LogP contribution < -0.4 is 0 Å². The molecule has 6 nitrogen and oxygen atoms in total. The predicted molar refractivity (Wildman–Crippen MR) is 125 cm³/mol. The molecule has 182 valence electrons. The van der Waals surface area contributed by atoms with Crippen molar-refractivity contribution in [3.63, 3.8) is 0 Å². The Hall–Kier alpha value is -1.22. The van der Waals surface area contributed by atoms with Crippen LogP contribution in [0.3, 0.4) is 0 Å². The van der Waals surface area contributed by atoms with Crippen LogP contribution in [0.25, 0.3) is 0 Å². The van der Waals surface area contributed by atoms with Gasteiger partial charge in [-0.1, -0.05) is 31.9 Å². The molecule has 1 amide bonds. The highest BCUT2D eigenvalue weighted by Crippen LogP contribution is 2.34. The number of piperidine rings is 1. The normalized spacial score (nSPS) is 21.2. The minimum Gasteiger partial charge on any atom is -0.337 e. The van der Waals surface area contributed by atoms with Crippen LogP contribution in [0, 0.1) is 5.92 Å². The second-order valence-electron chi connectivity index (χ2n) is 8.23. The number of nitrogens with zero attached hydrogens (tertiary/aromatic N) is 2. The smallest absolute Gasteiger partial charge is 0.243 e. The second kappa shape index (κ2) is 13.5. The fourth-order valence-electron chi connectivity index (χ4n) is 3.96. The highest BCUT2D eigenvalue weighted by atomic mass is 35.5. The monoisotopic (exact) mass is 490 g/mol. The molecule has 0 bridgehead atoms. The molecule has 3 aliphatic rings. The SMILES string of the molecule is CC.O=C(CC1CC1)N1CCC[C@H]1COF.O=S(=O)(c1ccc(Cl)cc1)N1CCCCC1. The van der Waals surface area contributed by atoms with E-state index in [2.05, 4.69) is 4.94 Å². The molecule has 1 atom stereocenters. The van der Waals surface area contributed by atoms with E-state index in [9.17, 15) is 17.7 Å². The summed E-state index contributed by atoms with van der Waals surface area (Å²) in [6.45, 7) is 6.08. The first-order valence-electron chi connectivity index (χ1n) is 11.7. The Morgan fingerprint density at radius 1 is 1.03 bits per heavy atom. The van der Waals surface area contributed by atoms with Crippen molar-refractivity contribution in [1.29, 1.82) is 0 Å². The van der Waals surface area contributed by atoms with E-state index < -0.39 is 10.0 Å². The van der Waals surface area contributed by atoms with Gasteiger partial charge in [-0.05, 0) is 73.2 Å². The molecule has 9 heteroatoms. The van der Waals surface area contributed by atoms with Crippen molar-refractivity contribution < 1.29 is 22.7 Å². The van der Waals surface area contributed by atoms with Gasteiger partial charge in [-0.25, -0.2) is 8.42 Å². The topological polar surface area (TPSA) is 66.9 Å². The molecule has 1 aliphatic carbocycles. The summed E-state index contributed by atoms with van der Waals surface area (Å²) in [5.74, 6) is 0.794. The second-order valence-corrected chi connectivity index (χ2v) is 10.6. The van der Waals surface area contributed by atoms with Gasteiger partial charge in [0.25, 0.3) is 0 Å². The van der Waals surface area contributed by atoms with Crippen molar-refractivity contribution >= 4 is 27.5 Å². The maximum Gasteiger partial charge on any atom is 0.243 e. The van der Waals surface area contributed by atoms with Gasteiger partial charge in [0.1, 0.15) is 6.61 Å². The largest absolute Gasteiger partial charge is 0.337 e. The standard InChI is InChI=1S/C11H14ClNO2S.C10H16FNO2.C2H6/c12-10-4-6-11(7-5-10)16(14,15)13-8-2-1-3-9-13;11-14-7-9-2-1-5-12(9)10(13)6-8-3-4-8;1-2/h4-7H,1-3,8-9H2;8-9H,1-7H2;1-2H3/t;9-;/m.0./s1. The summed E-state index contributed by atoms with van der Waals surface area (Å²) in [7, 11) is -3.30. The lowest BCUT2D eigenvalue weighted by Gasteiger charge is -2.25. The number of rotatable bonds is 6. The van der Waals surface area contributed by atoms with Gasteiger partial charge in [0.05, 0.1) is 10.9 Å². The molecular formula is C23H36ClFN2O4S. The quantitative estimate of drug-likeness (QED) is 0.548. The van der Waals surface area contributed by atoms with E-state index in [1.807, 2.05) is 13.8 Å². The van der Waals surface area contributed by atoms with Crippen LogP contribution in [-0.4, -0.2) is 55.8 Å². The van der Waals surface area contributed by atoms with Crippen molar-refractivity contribution in [2.24, 2.45) is 5.92 Å². The van der Waals surface area contributed by atoms with Crippen molar-refractivity contribution in [2.75, 3.05) is 26.2 Å². The Labute approximate surface area is 197 Å². The third kappa shape index (κ3) is 7.97. The summed E-state index contributed by atoms with van der Waals surface area (Å²) in [4.78, 5) is 17.5. The molecule has 32 heavy (non-hydrogen) atoms. The zero-order chi connectivity index (χ0) is 23.6. The number of hydrogen-bond donors (Lipinski definition) is 0. The molecule has 2 saturated heterocycles. The molecule has 0 radical (unpaired) electrons. The summed E-state index contributed by atoms with van der Waals surface area (Å²) in [6.07, 6.45) is 7.90. The molecule has 1 aromatic rings. The molecule has 3 fully saturated rings. The molecule has 2 heterocycles. The number of carbonyl (C=O) groups excluding carboxylic acids is 1. The van der Waals surface area contributed by atoms with Gasteiger partial charge in [0.2, 0.25) is 15.9 Å². The molecule has 0 spiro atoms. The van der Waals surface area contributed by atoms with Crippen molar-refractivity contribution in [3.05, 3.63) is 29.3 Å². The Kier molecular flexibility index (Phi) is 11.4. The van der Waals surface area contributed by atoms with E-state index >= 15 is 0 Å². The minimum absolute atomic E-state index is 0.0220. The predicted octanol–water partition coefficient (Wildman–Crippen LogP) is 5.22. The first-order chi connectivity index (χ1) is 15.4. The molecule has 1 aromatic carbocycles. The molecule has 1 saturated carbocycles. The maximum atomic E-state index is 12.2. The molecular weight excluding hydrogens is 455 g/mol. The number of hydrogen-bond acceptors (Lipinski definition) is 4. The van der Waals surface area contributed by atoms with Crippen molar-refractivity contribution in [2.45, 2.75) is 76.2 Å². The summed E-state index contributed by atoms with van der Waals surface area (Å²) in [5, 5.41) is 0.553. The van der Waals surface area contributed by atoms with Gasteiger partial charge in [-0.15, -0.1) is 0 Å². The maximum absolute atomic E-state index is 12.2. The third-order valence-corrected chi connectivity index (χ3v) is 8.04. The third-order valence-electron chi connectivity index (χ3n) is 5.88. The van der Waals surface area contributed by atoms with E-state index in [1.165, 1.54) is 12.8 Å². The molecule has 0 aromatic heterocycles. The van der Waals surface area contributed by atoms with Crippen LogP contribution in [0.5, 0.6) is 0 Å². The minimum atomic E-state index is -3.30. The van der Waals surface area contributed by atoms with Crippen molar-refractivity contribution in [1.82, 2.24) is 9.21 Å². The lowest BCUT2D eigenvalue weighted by Crippen LogP contribution is -2.37. The van der Waals surface area contributed by atoms with Gasteiger partial charge >= 0.3 is 0 Å². The highest BCUT2D eigenvalue weighted by Gasteiger charge is 2.33. The molecule has 0 unspecified atom stereocenters. The van der Waals surface area contributed by atoms with Gasteiger partial charge in [-0.3, -0.25) is 4.79 Å². The number of likely N-dealkylation sites (tertiary alicyclic amines) is 1. The van der Waals surface area contributed by atoms with Gasteiger partial charge < -0.3 is 4.90 Å². The van der Waals surface area contributed by atoms with Crippen LogP contribution in [0.2, 0.25) is 5.02 Å². The number of sulfonamides is 1. The lowest BCUT2D eigenvalue weighted by atomic mass is 10.2. The van der Waals surface area contributed by atoms with Gasteiger partial charge in [0, 0.05) is 31.1 Å². The van der Waals surface area contributed by atoms with Crippen LogP contribution in [0.15, 0.2) is 29.2 Å². The van der Waals surface area contributed by atoms with Crippen LogP contribution in [0.1, 0.15) is 65.2 Å². The van der Waals surface area contributed by atoms with E-state index in [4.69, 9.17) is 11.6 Å². The van der Waals surface area contributed by atoms with Crippen LogP contribution in [-0.2, 0) is 19.8 Å². The van der Waals surface area contributed by atoms with E-state index in [-0.39, 0.29) is 18.6 Å². The molecule has 2 aliphatic heterocycles. The summed E-state index contributed by atoms with van der Waals surface area (Å²) < 4.78 is 37.6. The van der Waals surface area contributed by atoms with Gasteiger partial charge in [0.15, 0.2) is 0 Å². The number of benzene rings is 1. The average molecular weight is 491 g/mol. The molecule has 4 rings (SSSR count). The summed E-state index contributed by atoms with van der Waals surface area (Å²) in [5.41, 5.74) is 0. The summed E-state index contributed by atoms with van der Waals surface area (Å²) in [6, 6.07) is 6.32. The zero-order valence-corrected chi connectivity index (χ0v) is 20.7. The Bertz CT molecular complexity index is 797. The lowest BCUT2D eigenvalue weighted by molar-refractivity contribution is -0.154. The number of halogens is 2. The van der Waals surface area contributed by atoms with Gasteiger partial charge in [-0.2, -0.15) is 9.25 Å². The Morgan fingerprint density at radius 3 is 2.22 bits per heavy atom. The first kappa shape index (κ1) is 27.0. The van der Waals surface area contributed by atoms with Crippen LogP contribution in [0.4, 0.5) is 4.53 Å².